The predicted octanol–water partition coefficient (Wildman–Crippen LogP) is 0.970. The minimum atomic E-state index is -1.32. The zero-order chi connectivity index (χ0) is 15.3. The number of hydrogen-bond donors (Lipinski definition) is 3. The molecule has 0 aromatic heterocycles. The molecule has 110 valence electrons. The fourth-order valence-electron chi connectivity index (χ4n) is 1.67. The fraction of sp³-hybridized carbons (Fsp3) is 0.429. The van der Waals surface area contributed by atoms with Crippen molar-refractivity contribution in [3.63, 3.8) is 0 Å². The lowest BCUT2D eigenvalue weighted by molar-refractivity contribution is -0.141. The number of nitrogens with zero attached hydrogens (tertiary/aromatic N) is 1. The van der Waals surface area contributed by atoms with Crippen LogP contribution in [0.25, 0.3) is 0 Å². The number of aryl methyl sites for hydroxylation is 1. The van der Waals surface area contributed by atoms with E-state index in [4.69, 9.17) is 5.11 Å². The normalized spacial score (nSPS) is 13.4. The Morgan fingerprint density at radius 2 is 1.85 bits per heavy atom. The number of urea groups is 1. The van der Waals surface area contributed by atoms with E-state index < -0.39 is 24.1 Å². The molecule has 6 heteroatoms. The molecular formula is C14H20N2O4. The van der Waals surface area contributed by atoms with Gasteiger partial charge in [-0.3, -0.25) is 0 Å². The van der Waals surface area contributed by atoms with Crippen molar-refractivity contribution in [3.8, 4) is 0 Å². The Balaban J connectivity index is 2.62. The van der Waals surface area contributed by atoms with Crippen LogP contribution in [-0.2, 0) is 11.3 Å². The lowest BCUT2D eigenvalue weighted by Crippen LogP contribution is -2.51. The van der Waals surface area contributed by atoms with Crippen LogP contribution in [-0.4, -0.2) is 46.3 Å². The molecule has 2 amide bonds. The molecule has 0 heterocycles. The molecule has 0 bridgehead atoms. The quantitative estimate of drug-likeness (QED) is 0.749. The molecule has 0 fully saturated rings. The van der Waals surface area contributed by atoms with E-state index >= 15 is 0 Å². The van der Waals surface area contributed by atoms with Crippen molar-refractivity contribution in [2.45, 2.75) is 32.5 Å². The smallest absolute Gasteiger partial charge is 0.328 e. The van der Waals surface area contributed by atoms with Crippen LogP contribution in [0.15, 0.2) is 24.3 Å². The van der Waals surface area contributed by atoms with Gasteiger partial charge in [0.25, 0.3) is 0 Å². The summed E-state index contributed by atoms with van der Waals surface area (Å²) in [6, 6.07) is 5.83. The number of nitrogens with one attached hydrogen (secondary N) is 1. The standard InChI is InChI=1S/C14H20N2O4/c1-9-4-6-11(7-5-9)8-16(3)14(20)15-12(10(2)17)13(18)19/h4-7,10,12,17H,8H2,1-3H3,(H,15,20)(H,18,19)/t10-,12+/m1/s1. The van der Waals surface area contributed by atoms with Crippen molar-refractivity contribution < 1.29 is 19.8 Å². The van der Waals surface area contributed by atoms with Crippen LogP contribution in [0.2, 0.25) is 0 Å². The number of carbonyl (C=O) groups excluding carboxylic acids is 1. The van der Waals surface area contributed by atoms with Gasteiger partial charge in [-0.1, -0.05) is 29.8 Å². The van der Waals surface area contributed by atoms with Gasteiger partial charge in [-0.05, 0) is 19.4 Å². The molecule has 0 saturated carbocycles. The van der Waals surface area contributed by atoms with Crippen molar-refractivity contribution in [1.82, 2.24) is 10.2 Å². The second-order valence-electron chi connectivity index (χ2n) is 4.85. The third-order valence-corrected chi connectivity index (χ3v) is 2.91. The summed E-state index contributed by atoms with van der Waals surface area (Å²) < 4.78 is 0. The molecule has 0 spiro atoms. The van der Waals surface area contributed by atoms with E-state index in [0.717, 1.165) is 11.1 Å². The first-order valence-electron chi connectivity index (χ1n) is 6.29. The maximum Gasteiger partial charge on any atom is 0.328 e. The average molecular weight is 280 g/mol. The maximum absolute atomic E-state index is 11.9. The van der Waals surface area contributed by atoms with Crippen LogP contribution in [0.3, 0.4) is 0 Å². The Morgan fingerprint density at radius 1 is 1.30 bits per heavy atom. The number of aliphatic hydroxyl groups is 1. The molecule has 0 saturated heterocycles. The number of aliphatic carboxylic acids is 1. The summed E-state index contributed by atoms with van der Waals surface area (Å²) in [5, 5.41) is 20.5. The Labute approximate surface area is 118 Å². The third-order valence-electron chi connectivity index (χ3n) is 2.91. The number of carbonyl (C=O) groups is 2. The number of benzene rings is 1. The summed E-state index contributed by atoms with van der Waals surface area (Å²) in [5.41, 5.74) is 2.07. The second kappa shape index (κ2) is 6.91. The SMILES string of the molecule is Cc1ccc(CN(C)C(=O)N[C@H](C(=O)O)[C@@H](C)O)cc1. The molecule has 3 N–H and O–H groups in total. The summed E-state index contributed by atoms with van der Waals surface area (Å²) in [4.78, 5) is 24.1. The van der Waals surface area contributed by atoms with Crippen molar-refractivity contribution in [1.29, 1.82) is 0 Å². The van der Waals surface area contributed by atoms with Crippen LogP contribution in [0.5, 0.6) is 0 Å². The van der Waals surface area contributed by atoms with E-state index in [-0.39, 0.29) is 0 Å². The highest BCUT2D eigenvalue weighted by Crippen LogP contribution is 2.06. The first-order chi connectivity index (χ1) is 9.31. The maximum atomic E-state index is 11.9. The minimum absolute atomic E-state index is 0.359. The Hall–Kier alpha value is -2.08. The van der Waals surface area contributed by atoms with Crippen LogP contribution in [0, 0.1) is 6.92 Å². The van der Waals surface area contributed by atoms with Gasteiger partial charge in [-0.2, -0.15) is 0 Å². The van der Waals surface area contributed by atoms with E-state index in [1.54, 1.807) is 7.05 Å². The zero-order valence-electron chi connectivity index (χ0n) is 11.8. The van der Waals surface area contributed by atoms with Crippen LogP contribution < -0.4 is 5.32 Å². The highest BCUT2D eigenvalue weighted by molar-refractivity contribution is 5.82. The summed E-state index contributed by atoms with van der Waals surface area (Å²) in [6.45, 7) is 3.65. The van der Waals surface area contributed by atoms with E-state index in [9.17, 15) is 14.7 Å². The van der Waals surface area contributed by atoms with Gasteiger partial charge in [0.1, 0.15) is 0 Å². The van der Waals surface area contributed by atoms with Gasteiger partial charge in [0.05, 0.1) is 6.10 Å². The minimum Gasteiger partial charge on any atom is -0.480 e. The highest BCUT2D eigenvalue weighted by Gasteiger charge is 2.26. The molecule has 1 aromatic carbocycles. The number of carboxylic acid groups (broad SMARTS) is 1. The lowest BCUT2D eigenvalue weighted by Gasteiger charge is -2.22. The summed E-state index contributed by atoms with van der Waals surface area (Å²) in [7, 11) is 1.57. The third kappa shape index (κ3) is 4.55. The van der Waals surface area contributed by atoms with E-state index in [1.807, 2.05) is 31.2 Å². The average Bonchev–Trinajstić information content (AvgIpc) is 2.37. The van der Waals surface area contributed by atoms with Gasteiger partial charge in [0, 0.05) is 13.6 Å². The van der Waals surface area contributed by atoms with Crippen molar-refractivity contribution >= 4 is 12.0 Å². The van der Waals surface area contributed by atoms with Crippen molar-refractivity contribution in [3.05, 3.63) is 35.4 Å². The molecule has 1 aromatic rings. The van der Waals surface area contributed by atoms with Crippen molar-refractivity contribution in [2.75, 3.05) is 7.05 Å². The molecule has 1 rings (SSSR count). The first-order valence-corrected chi connectivity index (χ1v) is 6.29. The fourth-order valence-corrected chi connectivity index (χ4v) is 1.67. The Morgan fingerprint density at radius 3 is 2.30 bits per heavy atom. The van der Waals surface area contributed by atoms with Gasteiger partial charge in [0.15, 0.2) is 6.04 Å². The van der Waals surface area contributed by atoms with Gasteiger partial charge in [-0.25, -0.2) is 9.59 Å². The molecule has 0 aliphatic rings. The Bertz CT molecular complexity index is 471. The predicted molar refractivity (Wildman–Crippen MR) is 74.3 cm³/mol. The van der Waals surface area contributed by atoms with Gasteiger partial charge in [0.2, 0.25) is 0 Å². The Kier molecular flexibility index (Phi) is 5.52. The number of rotatable bonds is 5. The van der Waals surface area contributed by atoms with Gasteiger partial charge >= 0.3 is 12.0 Å². The molecule has 6 nitrogen and oxygen atoms in total. The van der Waals surface area contributed by atoms with Crippen LogP contribution >= 0.6 is 0 Å². The molecule has 0 aliphatic heterocycles. The number of carboxylic acids is 1. The number of aliphatic hydroxyl groups excluding tert-OH is 1. The lowest BCUT2D eigenvalue weighted by atomic mass is 10.1. The summed E-state index contributed by atoms with van der Waals surface area (Å²) in [5.74, 6) is -1.27. The van der Waals surface area contributed by atoms with Crippen LogP contribution in [0.1, 0.15) is 18.1 Å². The van der Waals surface area contributed by atoms with Gasteiger partial charge in [-0.15, -0.1) is 0 Å². The highest BCUT2D eigenvalue weighted by atomic mass is 16.4. The van der Waals surface area contributed by atoms with Crippen LogP contribution in [0.4, 0.5) is 4.79 Å². The zero-order valence-corrected chi connectivity index (χ0v) is 11.8. The largest absolute Gasteiger partial charge is 0.480 e. The van der Waals surface area contributed by atoms with E-state index in [2.05, 4.69) is 5.32 Å². The monoisotopic (exact) mass is 280 g/mol. The molecule has 0 aliphatic carbocycles. The second-order valence-corrected chi connectivity index (χ2v) is 4.85. The topological polar surface area (TPSA) is 89.9 Å². The molecule has 20 heavy (non-hydrogen) atoms. The number of hydrogen-bond acceptors (Lipinski definition) is 3. The van der Waals surface area contributed by atoms with Gasteiger partial charge < -0.3 is 20.4 Å². The molecule has 0 radical (unpaired) electrons. The van der Waals surface area contributed by atoms with E-state index in [0.29, 0.717) is 6.54 Å². The first kappa shape index (κ1) is 16.0. The van der Waals surface area contributed by atoms with Crippen molar-refractivity contribution in [2.24, 2.45) is 0 Å². The number of amides is 2. The van der Waals surface area contributed by atoms with E-state index in [1.165, 1.54) is 11.8 Å². The molecule has 0 unspecified atom stereocenters. The molecular weight excluding hydrogens is 260 g/mol. The summed E-state index contributed by atoms with van der Waals surface area (Å²) >= 11 is 0. The summed E-state index contributed by atoms with van der Waals surface area (Å²) in [6.07, 6.45) is -1.16. The molecule has 2 atom stereocenters.